The Morgan fingerprint density at radius 2 is 1.72 bits per heavy atom. The van der Waals surface area contributed by atoms with Gasteiger partial charge in [-0.2, -0.15) is 0 Å². The van der Waals surface area contributed by atoms with E-state index in [1.54, 1.807) is 20.8 Å². The van der Waals surface area contributed by atoms with Crippen LogP contribution in [0.2, 0.25) is 0 Å². The predicted molar refractivity (Wildman–Crippen MR) is 120 cm³/mol. The largest absolute Gasteiger partial charge is 0.494 e. The van der Waals surface area contributed by atoms with Gasteiger partial charge in [0.05, 0.1) is 23.7 Å². The van der Waals surface area contributed by atoms with E-state index in [0.717, 1.165) is 69.5 Å². The van der Waals surface area contributed by atoms with Crippen LogP contribution in [0.15, 0.2) is 24.3 Å². The van der Waals surface area contributed by atoms with Crippen LogP contribution in [0.25, 0.3) is 0 Å². The van der Waals surface area contributed by atoms with Gasteiger partial charge in [-0.05, 0) is 76.0 Å². The first-order chi connectivity index (χ1) is 13.7. The first-order valence-electron chi connectivity index (χ1n) is 11.2. The molecule has 1 aliphatic rings. The highest BCUT2D eigenvalue weighted by Crippen LogP contribution is 2.33. The van der Waals surface area contributed by atoms with Crippen LogP contribution < -0.4 is 4.74 Å². The zero-order chi connectivity index (χ0) is 21.3. The molecule has 0 unspecified atom stereocenters. The summed E-state index contributed by atoms with van der Waals surface area (Å²) in [6, 6.07) is 8.16. The summed E-state index contributed by atoms with van der Waals surface area (Å²) in [7, 11) is -3.01. The standard InChI is InChI=1S/C24H40O4S/c1-5-6-15-28-23-9-7-8-22(17-23)18-27-16-14-20-10-12-21(13-11-20)19-29(25,26)24(2,3)4/h7-9,17,20-21H,5-6,10-16,18-19H2,1-4H3. The molecule has 5 heteroatoms. The fourth-order valence-electron chi connectivity index (χ4n) is 3.75. The lowest BCUT2D eigenvalue weighted by molar-refractivity contribution is 0.0986. The molecule has 0 radical (unpaired) electrons. The fraction of sp³-hybridized carbons (Fsp3) is 0.750. The van der Waals surface area contributed by atoms with Gasteiger partial charge in [0.2, 0.25) is 0 Å². The van der Waals surface area contributed by atoms with Crippen molar-refractivity contribution in [2.45, 2.75) is 84.0 Å². The molecule has 1 aliphatic carbocycles. The lowest BCUT2D eigenvalue weighted by Crippen LogP contribution is -2.34. The van der Waals surface area contributed by atoms with E-state index in [9.17, 15) is 8.42 Å². The average Bonchev–Trinajstić information content (AvgIpc) is 2.66. The molecule has 1 saturated carbocycles. The summed E-state index contributed by atoms with van der Waals surface area (Å²) in [4.78, 5) is 0. The van der Waals surface area contributed by atoms with E-state index in [-0.39, 0.29) is 0 Å². The van der Waals surface area contributed by atoms with Gasteiger partial charge in [-0.25, -0.2) is 8.42 Å². The second-order valence-corrected chi connectivity index (χ2v) is 12.3. The smallest absolute Gasteiger partial charge is 0.155 e. The molecule has 0 heterocycles. The van der Waals surface area contributed by atoms with E-state index in [1.807, 2.05) is 12.1 Å². The highest BCUT2D eigenvalue weighted by Gasteiger charge is 2.33. The molecule has 166 valence electrons. The second-order valence-electron chi connectivity index (χ2n) is 9.47. The number of hydrogen-bond donors (Lipinski definition) is 0. The molecule has 0 saturated heterocycles. The molecule has 29 heavy (non-hydrogen) atoms. The van der Waals surface area contributed by atoms with Gasteiger partial charge in [0.15, 0.2) is 9.84 Å². The SMILES string of the molecule is CCCCOc1cccc(COCCC2CCC(CS(=O)(=O)C(C)(C)C)CC2)c1. The molecule has 0 atom stereocenters. The van der Waals surface area contributed by atoms with Gasteiger partial charge in [-0.15, -0.1) is 0 Å². The molecule has 4 nitrogen and oxygen atoms in total. The minimum Gasteiger partial charge on any atom is -0.494 e. The third-order valence-electron chi connectivity index (χ3n) is 5.96. The number of unbranched alkanes of at least 4 members (excludes halogenated alkanes) is 1. The van der Waals surface area contributed by atoms with E-state index in [2.05, 4.69) is 19.1 Å². The van der Waals surface area contributed by atoms with Crippen LogP contribution in [-0.2, 0) is 21.2 Å². The van der Waals surface area contributed by atoms with Crippen molar-refractivity contribution in [3.05, 3.63) is 29.8 Å². The summed E-state index contributed by atoms with van der Waals surface area (Å²) in [6.07, 6.45) is 7.56. The van der Waals surface area contributed by atoms with Crippen LogP contribution in [0.1, 0.15) is 78.2 Å². The minimum atomic E-state index is -3.01. The van der Waals surface area contributed by atoms with E-state index in [1.165, 1.54) is 0 Å². The fourth-order valence-corrected chi connectivity index (χ4v) is 5.20. The molecule has 0 bridgehead atoms. The lowest BCUT2D eigenvalue weighted by atomic mass is 9.81. The summed E-state index contributed by atoms with van der Waals surface area (Å²) in [5.74, 6) is 2.25. The summed E-state index contributed by atoms with van der Waals surface area (Å²) in [5, 5.41) is 0. The minimum absolute atomic E-state index is 0.326. The van der Waals surface area contributed by atoms with Gasteiger partial charge in [0.1, 0.15) is 5.75 Å². The quantitative estimate of drug-likeness (QED) is 0.422. The summed E-state index contributed by atoms with van der Waals surface area (Å²) < 4.78 is 35.8. The van der Waals surface area contributed by atoms with Crippen molar-refractivity contribution in [3.8, 4) is 5.75 Å². The van der Waals surface area contributed by atoms with Crippen LogP contribution >= 0.6 is 0 Å². The van der Waals surface area contributed by atoms with Crippen molar-refractivity contribution in [1.82, 2.24) is 0 Å². The van der Waals surface area contributed by atoms with Crippen molar-refractivity contribution in [2.24, 2.45) is 11.8 Å². The maximum absolute atomic E-state index is 12.4. The molecular formula is C24H40O4S. The number of benzene rings is 1. The Morgan fingerprint density at radius 3 is 2.38 bits per heavy atom. The number of ether oxygens (including phenoxy) is 2. The molecule has 0 aromatic heterocycles. The maximum atomic E-state index is 12.4. The highest BCUT2D eigenvalue weighted by molar-refractivity contribution is 7.92. The van der Waals surface area contributed by atoms with Crippen molar-refractivity contribution < 1.29 is 17.9 Å². The molecule has 1 fully saturated rings. The number of rotatable bonds is 11. The number of hydrogen-bond acceptors (Lipinski definition) is 4. The molecular weight excluding hydrogens is 384 g/mol. The van der Waals surface area contributed by atoms with E-state index >= 15 is 0 Å². The molecule has 1 aromatic rings. The van der Waals surface area contributed by atoms with Gasteiger partial charge in [-0.1, -0.05) is 38.3 Å². The first-order valence-corrected chi connectivity index (χ1v) is 12.9. The normalized spacial score (nSPS) is 20.6. The van der Waals surface area contributed by atoms with Gasteiger partial charge >= 0.3 is 0 Å². The summed E-state index contributed by atoms with van der Waals surface area (Å²) in [5.41, 5.74) is 1.15. The van der Waals surface area contributed by atoms with Gasteiger partial charge < -0.3 is 9.47 Å². The Morgan fingerprint density at radius 1 is 1.03 bits per heavy atom. The van der Waals surface area contributed by atoms with Crippen LogP contribution in [-0.4, -0.2) is 32.1 Å². The van der Waals surface area contributed by atoms with Crippen molar-refractivity contribution in [2.75, 3.05) is 19.0 Å². The Bertz CT molecular complexity index is 698. The molecule has 0 aliphatic heterocycles. The predicted octanol–water partition coefficient (Wildman–Crippen LogP) is 5.79. The average molecular weight is 425 g/mol. The molecule has 0 amide bonds. The topological polar surface area (TPSA) is 52.6 Å². The van der Waals surface area contributed by atoms with E-state index in [0.29, 0.717) is 24.2 Å². The Balaban J connectivity index is 1.64. The van der Waals surface area contributed by atoms with Gasteiger partial charge in [0.25, 0.3) is 0 Å². The van der Waals surface area contributed by atoms with E-state index in [4.69, 9.17) is 9.47 Å². The van der Waals surface area contributed by atoms with Crippen molar-refractivity contribution in [3.63, 3.8) is 0 Å². The van der Waals surface area contributed by atoms with Crippen molar-refractivity contribution >= 4 is 9.84 Å². The monoisotopic (exact) mass is 424 g/mol. The van der Waals surface area contributed by atoms with E-state index < -0.39 is 14.6 Å². The van der Waals surface area contributed by atoms with Gasteiger partial charge in [0, 0.05) is 6.61 Å². The van der Waals surface area contributed by atoms with Crippen LogP contribution in [0, 0.1) is 11.8 Å². The zero-order valence-corrected chi connectivity index (χ0v) is 19.6. The summed E-state index contributed by atoms with van der Waals surface area (Å²) >= 11 is 0. The Kier molecular flexibility index (Phi) is 9.48. The number of sulfone groups is 1. The lowest BCUT2D eigenvalue weighted by Gasteiger charge is -2.30. The van der Waals surface area contributed by atoms with Gasteiger partial charge in [-0.3, -0.25) is 0 Å². The maximum Gasteiger partial charge on any atom is 0.155 e. The molecule has 0 spiro atoms. The molecule has 2 rings (SSSR count). The molecule has 0 N–H and O–H groups in total. The highest BCUT2D eigenvalue weighted by atomic mass is 32.2. The molecule has 1 aromatic carbocycles. The summed E-state index contributed by atoms with van der Waals surface area (Å²) in [6.45, 7) is 9.71. The second kappa shape index (κ2) is 11.4. The van der Waals surface area contributed by atoms with Crippen LogP contribution in [0.5, 0.6) is 5.75 Å². The van der Waals surface area contributed by atoms with Crippen molar-refractivity contribution in [1.29, 1.82) is 0 Å². The first kappa shape index (κ1) is 24.2. The third-order valence-corrected chi connectivity index (χ3v) is 8.73. The Labute approximate surface area is 178 Å². The van der Waals surface area contributed by atoms with Crippen LogP contribution in [0.3, 0.4) is 0 Å². The van der Waals surface area contributed by atoms with Crippen LogP contribution in [0.4, 0.5) is 0 Å². The third kappa shape index (κ3) is 8.29. The Hall–Kier alpha value is -1.07. The zero-order valence-electron chi connectivity index (χ0n) is 18.8.